The highest BCUT2D eigenvalue weighted by atomic mass is 35.5. The summed E-state index contributed by atoms with van der Waals surface area (Å²) in [7, 11) is 0. The molecule has 0 aromatic heterocycles. The van der Waals surface area contributed by atoms with Crippen molar-refractivity contribution in [2.75, 3.05) is 5.32 Å². The minimum atomic E-state index is 0.295. The van der Waals surface area contributed by atoms with Gasteiger partial charge in [-0.15, -0.1) is 0 Å². The Morgan fingerprint density at radius 3 is 2.90 bits per heavy atom. The zero-order chi connectivity index (χ0) is 14.1. The van der Waals surface area contributed by atoms with Crippen LogP contribution in [0.1, 0.15) is 23.6 Å². The molecule has 1 atom stereocenters. The molecule has 0 fully saturated rings. The monoisotopic (exact) mass is 287 g/mol. The third kappa shape index (κ3) is 2.75. The van der Waals surface area contributed by atoms with Crippen molar-refractivity contribution in [3.63, 3.8) is 0 Å². The average molecular weight is 288 g/mol. The Labute approximate surface area is 124 Å². The minimum absolute atomic E-state index is 0.295. The van der Waals surface area contributed by atoms with Crippen LogP contribution >= 0.6 is 11.6 Å². The van der Waals surface area contributed by atoms with Crippen LogP contribution in [0.2, 0.25) is 5.02 Å². The van der Waals surface area contributed by atoms with Crippen LogP contribution in [-0.2, 0) is 13.0 Å². The van der Waals surface area contributed by atoms with Gasteiger partial charge in [-0.05, 0) is 48.7 Å². The third-order valence-electron chi connectivity index (χ3n) is 3.63. The lowest BCUT2D eigenvalue weighted by molar-refractivity contribution is 0.254. The van der Waals surface area contributed by atoms with Gasteiger partial charge in [-0.2, -0.15) is 0 Å². The fraction of sp³-hybridized carbons (Fsp3) is 0.294. The predicted octanol–water partition coefficient (Wildman–Crippen LogP) is 4.58. The van der Waals surface area contributed by atoms with E-state index in [9.17, 15) is 0 Å². The molecule has 0 saturated heterocycles. The van der Waals surface area contributed by atoms with E-state index in [1.54, 1.807) is 0 Å². The Balaban J connectivity index is 1.70. The smallest absolute Gasteiger partial charge is 0.123 e. The SMILES string of the molecule is Cc1ccc(NCc2ccc3c(c2)C[C@@H](C)O3)cc1Cl. The van der Waals surface area contributed by atoms with Crippen LogP contribution in [0.5, 0.6) is 5.75 Å². The molecule has 2 aromatic carbocycles. The van der Waals surface area contributed by atoms with E-state index in [0.29, 0.717) is 6.10 Å². The predicted molar refractivity (Wildman–Crippen MR) is 83.8 cm³/mol. The van der Waals surface area contributed by atoms with Crippen molar-refractivity contribution in [1.82, 2.24) is 0 Å². The van der Waals surface area contributed by atoms with Crippen LogP contribution in [0.4, 0.5) is 5.69 Å². The largest absolute Gasteiger partial charge is 0.490 e. The van der Waals surface area contributed by atoms with Gasteiger partial charge in [0, 0.05) is 23.7 Å². The standard InChI is InChI=1S/C17H18ClNO/c1-11-3-5-15(9-16(11)18)19-10-13-4-6-17-14(8-13)7-12(2)20-17/h3-6,8-9,12,19H,7,10H2,1-2H3/t12-/m1/s1. The summed E-state index contributed by atoms with van der Waals surface area (Å²) in [5.74, 6) is 1.03. The maximum Gasteiger partial charge on any atom is 0.123 e. The van der Waals surface area contributed by atoms with Gasteiger partial charge in [0.15, 0.2) is 0 Å². The first-order valence-electron chi connectivity index (χ1n) is 6.90. The number of anilines is 1. The fourth-order valence-electron chi connectivity index (χ4n) is 2.49. The summed E-state index contributed by atoms with van der Waals surface area (Å²) in [6.45, 7) is 4.90. The van der Waals surface area contributed by atoms with Gasteiger partial charge in [0.2, 0.25) is 0 Å². The van der Waals surface area contributed by atoms with Gasteiger partial charge >= 0.3 is 0 Å². The quantitative estimate of drug-likeness (QED) is 0.892. The summed E-state index contributed by atoms with van der Waals surface area (Å²) in [4.78, 5) is 0. The number of hydrogen-bond donors (Lipinski definition) is 1. The first kappa shape index (κ1) is 13.3. The molecule has 2 aromatic rings. The summed E-state index contributed by atoms with van der Waals surface area (Å²) in [5, 5.41) is 4.20. The second kappa shape index (κ2) is 5.37. The Hall–Kier alpha value is -1.67. The molecule has 104 valence electrons. The Morgan fingerprint density at radius 1 is 1.25 bits per heavy atom. The molecule has 3 heteroatoms. The van der Waals surface area contributed by atoms with Crippen LogP contribution in [0, 0.1) is 6.92 Å². The zero-order valence-electron chi connectivity index (χ0n) is 11.7. The van der Waals surface area contributed by atoms with E-state index < -0.39 is 0 Å². The van der Waals surface area contributed by atoms with Crippen molar-refractivity contribution < 1.29 is 4.74 Å². The molecule has 1 heterocycles. The summed E-state index contributed by atoms with van der Waals surface area (Å²) in [6.07, 6.45) is 1.30. The molecular weight excluding hydrogens is 270 g/mol. The van der Waals surface area contributed by atoms with Gasteiger partial charge in [0.1, 0.15) is 11.9 Å². The van der Waals surface area contributed by atoms with E-state index in [0.717, 1.165) is 35.0 Å². The molecule has 1 aliphatic heterocycles. The number of benzene rings is 2. The number of aryl methyl sites for hydroxylation is 1. The van der Waals surface area contributed by atoms with E-state index in [1.165, 1.54) is 11.1 Å². The molecule has 0 aliphatic carbocycles. The molecule has 0 radical (unpaired) electrons. The number of halogens is 1. The van der Waals surface area contributed by atoms with Crippen LogP contribution in [0.15, 0.2) is 36.4 Å². The van der Waals surface area contributed by atoms with E-state index >= 15 is 0 Å². The Bertz CT molecular complexity index is 639. The summed E-state index contributed by atoms with van der Waals surface area (Å²) in [5.41, 5.74) is 4.71. The van der Waals surface area contributed by atoms with Crippen LogP contribution in [0.3, 0.4) is 0 Å². The second-order valence-corrected chi connectivity index (χ2v) is 5.80. The molecular formula is C17H18ClNO. The van der Waals surface area contributed by atoms with Crippen molar-refractivity contribution in [2.45, 2.75) is 32.9 Å². The van der Waals surface area contributed by atoms with Crippen molar-refractivity contribution in [2.24, 2.45) is 0 Å². The molecule has 2 nitrogen and oxygen atoms in total. The number of hydrogen-bond acceptors (Lipinski definition) is 2. The Morgan fingerprint density at radius 2 is 2.10 bits per heavy atom. The number of fused-ring (bicyclic) bond motifs is 1. The molecule has 3 rings (SSSR count). The molecule has 0 saturated carbocycles. The molecule has 0 amide bonds. The van der Waals surface area contributed by atoms with Gasteiger partial charge in [-0.1, -0.05) is 29.8 Å². The van der Waals surface area contributed by atoms with Crippen LogP contribution < -0.4 is 10.1 Å². The summed E-state index contributed by atoms with van der Waals surface area (Å²) < 4.78 is 5.72. The topological polar surface area (TPSA) is 21.3 Å². The van der Waals surface area contributed by atoms with Crippen molar-refractivity contribution in [3.8, 4) is 5.75 Å². The lowest BCUT2D eigenvalue weighted by Gasteiger charge is -2.09. The van der Waals surface area contributed by atoms with Gasteiger partial charge in [0.25, 0.3) is 0 Å². The highest BCUT2D eigenvalue weighted by Crippen LogP contribution is 2.29. The summed E-state index contributed by atoms with van der Waals surface area (Å²) >= 11 is 6.13. The van der Waals surface area contributed by atoms with Gasteiger partial charge < -0.3 is 10.1 Å². The third-order valence-corrected chi connectivity index (χ3v) is 4.04. The lowest BCUT2D eigenvalue weighted by Crippen LogP contribution is -2.05. The van der Waals surface area contributed by atoms with Gasteiger partial charge in [-0.3, -0.25) is 0 Å². The summed E-state index contributed by atoms with van der Waals surface area (Å²) in [6, 6.07) is 12.5. The zero-order valence-corrected chi connectivity index (χ0v) is 12.5. The second-order valence-electron chi connectivity index (χ2n) is 5.39. The van der Waals surface area contributed by atoms with E-state index in [2.05, 4.69) is 36.5 Å². The molecule has 1 N–H and O–H groups in total. The van der Waals surface area contributed by atoms with E-state index in [1.807, 2.05) is 19.1 Å². The number of rotatable bonds is 3. The van der Waals surface area contributed by atoms with E-state index in [4.69, 9.17) is 16.3 Å². The lowest BCUT2D eigenvalue weighted by atomic mass is 10.1. The molecule has 20 heavy (non-hydrogen) atoms. The van der Waals surface area contributed by atoms with Crippen LogP contribution in [0.25, 0.3) is 0 Å². The maximum atomic E-state index is 6.13. The van der Waals surface area contributed by atoms with Crippen molar-refractivity contribution in [3.05, 3.63) is 58.1 Å². The van der Waals surface area contributed by atoms with Crippen LogP contribution in [-0.4, -0.2) is 6.10 Å². The molecule has 0 bridgehead atoms. The first-order chi connectivity index (χ1) is 9.61. The molecule has 0 unspecified atom stereocenters. The number of nitrogens with one attached hydrogen (secondary N) is 1. The Kier molecular flexibility index (Phi) is 3.58. The molecule has 1 aliphatic rings. The fourth-order valence-corrected chi connectivity index (χ4v) is 2.67. The average Bonchev–Trinajstić information content (AvgIpc) is 2.79. The van der Waals surface area contributed by atoms with Crippen molar-refractivity contribution >= 4 is 17.3 Å². The highest BCUT2D eigenvalue weighted by molar-refractivity contribution is 6.31. The van der Waals surface area contributed by atoms with Gasteiger partial charge in [0.05, 0.1) is 0 Å². The molecule has 0 spiro atoms. The minimum Gasteiger partial charge on any atom is -0.490 e. The highest BCUT2D eigenvalue weighted by Gasteiger charge is 2.18. The number of ether oxygens (including phenoxy) is 1. The first-order valence-corrected chi connectivity index (χ1v) is 7.28. The van der Waals surface area contributed by atoms with E-state index in [-0.39, 0.29) is 0 Å². The van der Waals surface area contributed by atoms with Gasteiger partial charge in [-0.25, -0.2) is 0 Å². The maximum absolute atomic E-state index is 6.13. The van der Waals surface area contributed by atoms with Crippen molar-refractivity contribution in [1.29, 1.82) is 0 Å². The normalized spacial score (nSPS) is 16.6.